The monoisotopic (exact) mass is 256 g/mol. The van der Waals surface area contributed by atoms with Gasteiger partial charge in [0.25, 0.3) is 0 Å². The first kappa shape index (κ1) is 11.7. The first-order valence-corrected chi connectivity index (χ1v) is 7.50. The smallest absolute Gasteiger partial charge is 0.212 e. The van der Waals surface area contributed by atoms with Crippen molar-refractivity contribution >= 4 is 25.8 Å². The van der Waals surface area contributed by atoms with Crippen molar-refractivity contribution in [2.75, 3.05) is 0 Å². The van der Waals surface area contributed by atoms with Crippen molar-refractivity contribution in [3.63, 3.8) is 0 Å². The Morgan fingerprint density at radius 3 is 2.38 bits per heavy atom. The summed E-state index contributed by atoms with van der Waals surface area (Å²) in [5.74, 6) is 0. The third kappa shape index (κ3) is 2.47. The number of benzene rings is 1. The summed E-state index contributed by atoms with van der Waals surface area (Å²) < 4.78 is 21.9. The Balaban J connectivity index is 2.01. The maximum absolute atomic E-state index is 11.3. The fourth-order valence-corrected chi connectivity index (χ4v) is 3.20. The van der Waals surface area contributed by atoms with Crippen molar-refractivity contribution in [2.24, 2.45) is 0 Å². The third-order valence-electron chi connectivity index (χ3n) is 2.92. The molecule has 86 valence electrons. The molecule has 0 heterocycles. The van der Waals surface area contributed by atoms with Crippen molar-refractivity contribution in [3.8, 4) is 0 Å². The maximum Gasteiger partial charge on any atom is 0.238 e. The van der Waals surface area contributed by atoms with Gasteiger partial charge in [-0.15, -0.1) is 0 Å². The van der Waals surface area contributed by atoms with Crippen LogP contribution in [0.5, 0.6) is 0 Å². The minimum atomic E-state index is -3.42. The topological polar surface area (TPSA) is 34.1 Å². The molecule has 1 saturated carbocycles. The molecule has 0 amide bonds. The van der Waals surface area contributed by atoms with Crippen molar-refractivity contribution in [2.45, 2.75) is 24.0 Å². The van der Waals surface area contributed by atoms with Gasteiger partial charge in [-0.2, -0.15) is 0 Å². The molecule has 1 fully saturated rings. The molecule has 0 aromatic heterocycles. The fourth-order valence-electron chi connectivity index (χ4n) is 1.66. The van der Waals surface area contributed by atoms with Crippen LogP contribution in [0.3, 0.4) is 0 Å². The Morgan fingerprint density at radius 2 is 1.88 bits per heavy atom. The molecule has 0 aliphatic heterocycles. The molecule has 1 aliphatic carbocycles. The summed E-state index contributed by atoms with van der Waals surface area (Å²) in [6.07, 6.45) is 5.69. The number of rotatable bonds is 4. The molecular formula is C12H13ClO2S. The minimum absolute atomic E-state index is 0.508. The van der Waals surface area contributed by atoms with Gasteiger partial charge in [0.1, 0.15) is 0 Å². The van der Waals surface area contributed by atoms with Gasteiger partial charge in [0.15, 0.2) is 0 Å². The second-order valence-corrected chi connectivity index (χ2v) is 7.10. The average molecular weight is 257 g/mol. The summed E-state index contributed by atoms with van der Waals surface area (Å²) in [5.41, 5.74) is 1.07. The molecule has 0 N–H and O–H groups in total. The quantitative estimate of drug-likeness (QED) is 0.776. The van der Waals surface area contributed by atoms with Crippen molar-refractivity contribution in [1.82, 2.24) is 0 Å². The molecule has 0 spiro atoms. The standard InChI is InChI=1S/C12H13ClO2S/c13-16(14,15)12(9-10-12)8-4-7-11-5-2-1-3-6-11/h1-7H,8-10H2/b7-4+. The molecule has 16 heavy (non-hydrogen) atoms. The Hall–Kier alpha value is -0.800. The average Bonchev–Trinajstić information content (AvgIpc) is 3.00. The highest BCUT2D eigenvalue weighted by Gasteiger charge is 2.52. The summed E-state index contributed by atoms with van der Waals surface area (Å²) in [4.78, 5) is 0. The first-order chi connectivity index (χ1) is 7.54. The van der Waals surface area contributed by atoms with E-state index >= 15 is 0 Å². The van der Waals surface area contributed by atoms with Crippen LogP contribution < -0.4 is 0 Å². The molecule has 2 nitrogen and oxygen atoms in total. The van der Waals surface area contributed by atoms with Gasteiger partial charge in [-0.3, -0.25) is 0 Å². The van der Waals surface area contributed by atoms with Crippen molar-refractivity contribution in [3.05, 3.63) is 42.0 Å². The second-order valence-electron chi connectivity index (χ2n) is 4.14. The summed E-state index contributed by atoms with van der Waals surface area (Å²) in [5, 5.41) is 0. The zero-order chi connectivity index (χ0) is 11.6. The van der Waals surface area contributed by atoms with E-state index in [0.29, 0.717) is 19.3 Å². The number of halogens is 1. The largest absolute Gasteiger partial charge is 0.238 e. The Labute approximate surface area is 100 Å². The number of allylic oxidation sites excluding steroid dienone is 1. The van der Waals surface area contributed by atoms with E-state index in [1.165, 1.54) is 0 Å². The van der Waals surface area contributed by atoms with Crippen LogP contribution >= 0.6 is 10.7 Å². The zero-order valence-corrected chi connectivity index (χ0v) is 10.3. The van der Waals surface area contributed by atoms with Gasteiger partial charge in [0.05, 0.1) is 4.75 Å². The van der Waals surface area contributed by atoms with Crippen LogP contribution in [0, 0.1) is 0 Å². The third-order valence-corrected chi connectivity index (χ3v) is 5.52. The maximum atomic E-state index is 11.3. The highest BCUT2D eigenvalue weighted by Crippen LogP contribution is 2.48. The van der Waals surface area contributed by atoms with E-state index in [1.807, 2.05) is 42.5 Å². The van der Waals surface area contributed by atoms with Crippen LogP contribution in [0.4, 0.5) is 0 Å². The van der Waals surface area contributed by atoms with Crippen molar-refractivity contribution < 1.29 is 8.42 Å². The lowest BCUT2D eigenvalue weighted by atomic mass is 10.2. The predicted molar refractivity (Wildman–Crippen MR) is 66.8 cm³/mol. The molecule has 0 bridgehead atoms. The molecule has 0 saturated heterocycles. The molecule has 0 radical (unpaired) electrons. The highest BCUT2D eigenvalue weighted by molar-refractivity contribution is 8.15. The summed E-state index contributed by atoms with van der Waals surface area (Å²) >= 11 is 0. The van der Waals surface area contributed by atoms with E-state index in [1.54, 1.807) is 0 Å². The van der Waals surface area contributed by atoms with Crippen LogP contribution in [0.2, 0.25) is 0 Å². The molecular weight excluding hydrogens is 244 g/mol. The van der Waals surface area contributed by atoms with Gasteiger partial charge >= 0.3 is 0 Å². The predicted octanol–water partition coefficient (Wildman–Crippen LogP) is 3.19. The first-order valence-electron chi connectivity index (χ1n) is 5.19. The second kappa shape index (κ2) is 4.22. The molecule has 4 heteroatoms. The molecule has 2 rings (SSSR count). The lowest BCUT2D eigenvalue weighted by molar-refractivity contribution is 0.591. The van der Waals surface area contributed by atoms with Gasteiger partial charge in [-0.05, 0) is 24.8 Å². The van der Waals surface area contributed by atoms with Crippen LogP contribution in [-0.4, -0.2) is 13.2 Å². The van der Waals surface area contributed by atoms with E-state index in [0.717, 1.165) is 5.56 Å². The van der Waals surface area contributed by atoms with Gasteiger partial charge in [0, 0.05) is 10.7 Å². The van der Waals surface area contributed by atoms with Crippen molar-refractivity contribution in [1.29, 1.82) is 0 Å². The Bertz CT molecular complexity index is 487. The van der Waals surface area contributed by atoms with Gasteiger partial charge < -0.3 is 0 Å². The molecule has 0 unspecified atom stereocenters. The van der Waals surface area contributed by atoms with Crippen LogP contribution in [0.25, 0.3) is 6.08 Å². The van der Waals surface area contributed by atoms with Crippen LogP contribution in [0.1, 0.15) is 24.8 Å². The molecule has 1 aromatic rings. The van der Waals surface area contributed by atoms with E-state index in [-0.39, 0.29) is 0 Å². The van der Waals surface area contributed by atoms with Crippen LogP contribution in [-0.2, 0) is 9.05 Å². The number of hydrogen-bond donors (Lipinski definition) is 0. The summed E-state index contributed by atoms with van der Waals surface area (Å²) in [6.45, 7) is 0. The lowest BCUT2D eigenvalue weighted by Crippen LogP contribution is -2.16. The SMILES string of the molecule is O=S(=O)(Cl)C1(C/C=C/c2ccccc2)CC1. The van der Waals surface area contributed by atoms with Gasteiger partial charge in [-0.25, -0.2) is 8.42 Å². The number of hydrogen-bond acceptors (Lipinski definition) is 2. The minimum Gasteiger partial charge on any atom is -0.212 e. The highest BCUT2D eigenvalue weighted by atomic mass is 35.7. The van der Waals surface area contributed by atoms with Crippen LogP contribution in [0.15, 0.2) is 36.4 Å². The van der Waals surface area contributed by atoms with E-state index in [4.69, 9.17) is 10.7 Å². The van der Waals surface area contributed by atoms with E-state index in [9.17, 15) is 8.42 Å². The van der Waals surface area contributed by atoms with E-state index < -0.39 is 13.8 Å². The normalized spacial score (nSPS) is 18.8. The summed E-state index contributed by atoms with van der Waals surface area (Å²) in [7, 11) is 1.98. The molecule has 1 aliphatic rings. The molecule has 0 atom stereocenters. The van der Waals surface area contributed by atoms with Gasteiger partial charge in [-0.1, -0.05) is 42.5 Å². The zero-order valence-electron chi connectivity index (χ0n) is 8.77. The van der Waals surface area contributed by atoms with E-state index in [2.05, 4.69) is 0 Å². The Morgan fingerprint density at radius 1 is 1.25 bits per heavy atom. The fraction of sp³-hybridized carbons (Fsp3) is 0.333. The summed E-state index contributed by atoms with van der Waals surface area (Å²) in [6, 6.07) is 9.80. The molecule has 1 aromatic carbocycles. The lowest BCUT2D eigenvalue weighted by Gasteiger charge is -2.06. The van der Waals surface area contributed by atoms with Gasteiger partial charge in [0.2, 0.25) is 9.05 Å². The Kier molecular flexibility index (Phi) is 3.08.